The van der Waals surface area contributed by atoms with Gasteiger partial charge in [0.05, 0.1) is 12.7 Å². The molecule has 2 aliphatic carbocycles. The number of hydrogen-bond acceptors (Lipinski definition) is 1. The Balaban J connectivity index is 1.93. The van der Waals surface area contributed by atoms with E-state index in [1.54, 1.807) is 0 Å². The van der Waals surface area contributed by atoms with Crippen LogP contribution >= 0.6 is 0 Å². The molecule has 0 saturated heterocycles. The fourth-order valence-corrected chi connectivity index (χ4v) is 3.29. The second-order valence-corrected chi connectivity index (χ2v) is 5.20. The van der Waals surface area contributed by atoms with Crippen LogP contribution in [0.2, 0.25) is 0 Å². The Bertz CT molecular complexity index is 164. The molecule has 0 N–H and O–H groups in total. The summed E-state index contributed by atoms with van der Waals surface area (Å²) in [6.45, 7) is 5.33. The van der Waals surface area contributed by atoms with Crippen molar-refractivity contribution in [2.24, 2.45) is 11.3 Å². The average molecular weight is 182 g/mol. The first-order valence-corrected chi connectivity index (χ1v) is 5.84. The van der Waals surface area contributed by atoms with E-state index in [2.05, 4.69) is 13.8 Å². The van der Waals surface area contributed by atoms with Crippen molar-refractivity contribution < 1.29 is 4.74 Å². The third-order valence-electron chi connectivity index (χ3n) is 4.02. The van der Waals surface area contributed by atoms with Crippen molar-refractivity contribution >= 4 is 0 Å². The van der Waals surface area contributed by atoms with Gasteiger partial charge in [-0.3, -0.25) is 0 Å². The summed E-state index contributed by atoms with van der Waals surface area (Å²) in [5.74, 6) is 1.01. The number of rotatable bonds is 3. The van der Waals surface area contributed by atoms with E-state index in [9.17, 15) is 0 Å². The summed E-state index contributed by atoms with van der Waals surface area (Å²) in [7, 11) is 0. The molecule has 2 saturated carbocycles. The van der Waals surface area contributed by atoms with Crippen LogP contribution in [0.3, 0.4) is 0 Å². The maximum atomic E-state index is 5.83. The Morgan fingerprint density at radius 2 is 1.85 bits per heavy atom. The van der Waals surface area contributed by atoms with Crippen molar-refractivity contribution in [3.05, 3.63) is 0 Å². The van der Waals surface area contributed by atoms with E-state index in [0.29, 0.717) is 11.5 Å². The summed E-state index contributed by atoms with van der Waals surface area (Å²) >= 11 is 0. The summed E-state index contributed by atoms with van der Waals surface area (Å²) in [5, 5.41) is 0. The summed E-state index contributed by atoms with van der Waals surface area (Å²) in [6, 6.07) is 0. The van der Waals surface area contributed by atoms with E-state index in [0.717, 1.165) is 12.5 Å². The highest BCUT2D eigenvalue weighted by molar-refractivity contribution is 4.96. The number of ether oxygens (including phenoxy) is 1. The van der Waals surface area contributed by atoms with Crippen molar-refractivity contribution in [1.29, 1.82) is 0 Å². The lowest BCUT2D eigenvalue weighted by Gasteiger charge is -2.30. The van der Waals surface area contributed by atoms with E-state index >= 15 is 0 Å². The molecule has 1 nitrogen and oxygen atoms in total. The van der Waals surface area contributed by atoms with Gasteiger partial charge < -0.3 is 4.74 Å². The van der Waals surface area contributed by atoms with Gasteiger partial charge in [0, 0.05) is 0 Å². The van der Waals surface area contributed by atoms with E-state index in [-0.39, 0.29) is 0 Å². The van der Waals surface area contributed by atoms with Gasteiger partial charge in [-0.15, -0.1) is 0 Å². The van der Waals surface area contributed by atoms with Crippen molar-refractivity contribution in [3.8, 4) is 0 Å². The molecule has 0 aliphatic heterocycles. The molecule has 0 bridgehead atoms. The molecule has 0 radical (unpaired) electrons. The lowest BCUT2D eigenvalue weighted by molar-refractivity contribution is -0.00178. The molecular formula is C12H22O. The topological polar surface area (TPSA) is 9.23 Å². The van der Waals surface area contributed by atoms with Gasteiger partial charge in [0.1, 0.15) is 0 Å². The summed E-state index contributed by atoms with van der Waals surface area (Å²) < 4.78 is 5.83. The predicted octanol–water partition coefficient (Wildman–Crippen LogP) is 3.38. The van der Waals surface area contributed by atoms with Gasteiger partial charge in [-0.1, -0.05) is 12.8 Å². The fourth-order valence-electron chi connectivity index (χ4n) is 3.29. The van der Waals surface area contributed by atoms with Crippen molar-refractivity contribution in [1.82, 2.24) is 0 Å². The maximum absolute atomic E-state index is 5.83. The summed E-state index contributed by atoms with van der Waals surface area (Å²) in [4.78, 5) is 0. The van der Waals surface area contributed by atoms with Crippen LogP contribution in [-0.2, 0) is 4.74 Å². The minimum atomic E-state index is 0.413. The van der Waals surface area contributed by atoms with Crippen molar-refractivity contribution in [2.45, 2.75) is 58.5 Å². The van der Waals surface area contributed by atoms with E-state index < -0.39 is 0 Å². The zero-order chi connectivity index (χ0) is 9.31. The van der Waals surface area contributed by atoms with Crippen LogP contribution in [0.1, 0.15) is 52.4 Å². The quantitative estimate of drug-likeness (QED) is 0.650. The predicted molar refractivity (Wildman–Crippen MR) is 54.7 cm³/mol. The molecule has 0 amide bonds. The van der Waals surface area contributed by atoms with Crippen molar-refractivity contribution in [2.75, 3.05) is 6.61 Å². The molecule has 1 heteroatoms. The van der Waals surface area contributed by atoms with Crippen LogP contribution in [0.25, 0.3) is 0 Å². The minimum absolute atomic E-state index is 0.413. The second-order valence-electron chi connectivity index (χ2n) is 5.20. The third kappa shape index (κ3) is 1.76. The molecule has 13 heavy (non-hydrogen) atoms. The first kappa shape index (κ1) is 9.51. The Labute approximate surface area is 81.9 Å². The molecule has 2 aliphatic rings. The molecule has 2 fully saturated rings. The molecule has 0 aromatic carbocycles. The van der Waals surface area contributed by atoms with Crippen molar-refractivity contribution in [3.63, 3.8) is 0 Å². The normalized spacial score (nSPS) is 38.5. The molecule has 76 valence electrons. The zero-order valence-electron chi connectivity index (χ0n) is 9.01. The highest BCUT2D eigenvalue weighted by Gasteiger charge is 2.46. The van der Waals surface area contributed by atoms with Crippen LogP contribution < -0.4 is 0 Å². The Hall–Kier alpha value is -0.0400. The molecule has 0 aromatic heterocycles. The molecule has 0 unspecified atom stereocenters. The Morgan fingerprint density at radius 1 is 1.23 bits per heavy atom. The third-order valence-corrected chi connectivity index (χ3v) is 4.02. The fraction of sp³-hybridized carbons (Fsp3) is 1.00. The monoisotopic (exact) mass is 182 g/mol. The van der Waals surface area contributed by atoms with Gasteiger partial charge in [-0.25, -0.2) is 0 Å². The lowest BCUT2D eigenvalue weighted by atomic mass is 9.81. The van der Waals surface area contributed by atoms with Gasteiger partial charge in [0.25, 0.3) is 0 Å². The van der Waals surface area contributed by atoms with E-state index in [1.165, 1.54) is 38.5 Å². The largest absolute Gasteiger partial charge is 0.378 e. The highest BCUT2D eigenvalue weighted by Crippen LogP contribution is 2.54. The molecule has 0 atom stereocenters. The second kappa shape index (κ2) is 3.61. The van der Waals surface area contributed by atoms with Gasteiger partial charge in [-0.2, -0.15) is 0 Å². The van der Waals surface area contributed by atoms with Gasteiger partial charge >= 0.3 is 0 Å². The highest BCUT2D eigenvalue weighted by atomic mass is 16.5. The van der Waals surface area contributed by atoms with Crippen LogP contribution in [0.15, 0.2) is 0 Å². The lowest BCUT2D eigenvalue weighted by Crippen LogP contribution is -2.27. The van der Waals surface area contributed by atoms with Crippen LogP contribution in [0, 0.1) is 11.3 Å². The van der Waals surface area contributed by atoms with Crippen LogP contribution in [0.5, 0.6) is 0 Å². The molecule has 0 aromatic rings. The Morgan fingerprint density at radius 3 is 2.38 bits per heavy atom. The standard InChI is InChI=1S/C12H22O/c1-10(2)13-9-12-7-3-5-11(12)6-4-8-12/h10-11H,3-9H2,1-2H3. The zero-order valence-corrected chi connectivity index (χ0v) is 9.01. The van der Waals surface area contributed by atoms with E-state index in [4.69, 9.17) is 4.74 Å². The summed E-state index contributed by atoms with van der Waals surface area (Å²) in [6.07, 6.45) is 9.13. The number of fused-ring (bicyclic) bond motifs is 1. The average Bonchev–Trinajstić information content (AvgIpc) is 2.57. The van der Waals surface area contributed by atoms with E-state index in [1.807, 2.05) is 0 Å². The molecule has 0 spiro atoms. The Kier molecular flexibility index (Phi) is 2.64. The maximum Gasteiger partial charge on any atom is 0.0528 e. The molecule has 0 heterocycles. The van der Waals surface area contributed by atoms with Crippen LogP contribution in [0.4, 0.5) is 0 Å². The smallest absolute Gasteiger partial charge is 0.0528 e. The summed E-state index contributed by atoms with van der Waals surface area (Å²) in [5.41, 5.74) is 0.615. The van der Waals surface area contributed by atoms with Gasteiger partial charge in [-0.05, 0) is 50.9 Å². The first-order chi connectivity index (χ1) is 6.23. The molecular weight excluding hydrogens is 160 g/mol. The van der Waals surface area contributed by atoms with Crippen LogP contribution in [-0.4, -0.2) is 12.7 Å². The molecule has 2 rings (SSSR count). The van der Waals surface area contributed by atoms with Gasteiger partial charge in [0.15, 0.2) is 0 Å². The SMILES string of the molecule is CC(C)OCC12CCCC1CCC2. The number of hydrogen-bond donors (Lipinski definition) is 0. The minimum Gasteiger partial charge on any atom is -0.378 e. The van der Waals surface area contributed by atoms with Gasteiger partial charge in [0.2, 0.25) is 0 Å². The first-order valence-electron chi connectivity index (χ1n) is 5.84.